The predicted octanol–water partition coefficient (Wildman–Crippen LogP) is 2.40. The van der Waals surface area contributed by atoms with Crippen molar-refractivity contribution in [3.8, 4) is 6.07 Å². The zero-order valence-corrected chi connectivity index (χ0v) is 23.4. The second-order valence-electron chi connectivity index (χ2n) is 11.6. The number of para-hydroxylation sites is 1. The van der Waals surface area contributed by atoms with Crippen molar-refractivity contribution in [1.29, 1.82) is 5.26 Å². The number of carbonyl (C=O) groups is 1. The van der Waals surface area contributed by atoms with Gasteiger partial charge in [0.05, 0.1) is 29.9 Å². The van der Waals surface area contributed by atoms with Crippen molar-refractivity contribution in [3.05, 3.63) is 53.5 Å². The van der Waals surface area contributed by atoms with Gasteiger partial charge in [-0.15, -0.1) is 0 Å². The molecule has 1 aromatic carbocycles. The summed E-state index contributed by atoms with van der Waals surface area (Å²) < 4.78 is 14.9. The van der Waals surface area contributed by atoms with Crippen molar-refractivity contribution >= 4 is 23.4 Å². The normalized spacial score (nSPS) is 22.6. The van der Waals surface area contributed by atoms with E-state index in [2.05, 4.69) is 46.3 Å². The van der Waals surface area contributed by atoms with Crippen molar-refractivity contribution in [3.63, 3.8) is 0 Å². The number of piperazine rings is 1. The van der Waals surface area contributed by atoms with Crippen molar-refractivity contribution < 1.29 is 9.18 Å². The summed E-state index contributed by atoms with van der Waals surface area (Å²) in [6, 6.07) is 8.08. The summed E-state index contributed by atoms with van der Waals surface area (Å²) in [5.41, 5.74) is 4.03. The summed E-state index contributed by atoms with van der Waals surface area (Å²) >= 11 is 0. The van der Waals surface area contributed by atoms with Gasteiger partial charge in [-0.05, 0) is 51.1 Å². The van der Waals surface area contributed by atoms with Crippen LogP contribution in [0.15, 0.2) is 30.9 Å². The van der Waals surface area contributed by atoms with Crippen molar-refractivity contribution in [1.82, 2.24) is 19.8 Å². The Morgan fingerprint density at radius 2 is 2.00 bits per heavy atom. The van der Waals surface area contributed by atoms with Gasteiger partial charge in [0.2, 0.25) is 11.9 Å². The summed E-state index contributed by atoms with van der Waals surface area (Å²) in [6.07, 6.45) is 4.91. The molecular weight excluding hydrogens is 507 g/mol. The minimum absolute atomic E-state index is 0.137. The smallest absolute Gasteiger partial charge is 0.246 e. The average molecular weight is 545 g/mol. The van der Waals surface area contributed by atoms with E-state index in [-0.39, 0.29) is 30.2 Å². The fourth-order valence-corrected chi connectivity index (χ4v) is 6.72. The Hall–Kier alpha value is -3.71. The molecule has 0 saturated carbocycles. The Balaban J connectivity index is 1.32. The molecule has 2 aromatic rings. The molecule has 0 spiro atoms. The van der Waals surface area contributed by atoms with Crippen molar-refractivity contribution in [2.45, 2.75) is 50.2 Å². The van der Waals surface area contributed by atoms with Crippen LogP contribution in [0.4, 0.5) is 21.8 Å². The lowest BCUT2D eigenvalue weighted by Crippen LogP contribution is -2.58. The molecule has 4 heterocycles. The van der Waals surface area contributed by atoms with Gasteiger partial charge in [-0.3, -0.25) is 4.79 Å². The number of likely N-dealkylation sites (N-methyl/N-ethyl adjacent to an activating group) is 1. The molecule has 0 radical (unpaired) electrons. The molecule has 2 saturated heterocycles. The average Bonchev–Trinajstić information content (AvgIpc) is 3.36. The Bertz CT molecular complexity index is 1350. The second kappa shape index (κ2) is 10.7. The summed E-state index contributed by atoms with van der Waals surface area (Å²) in [6.45, 7) is 7.92. The highest BCUT2D eigenvalue weighted by Crippen LogP contribution is 2.39. The summed E-state index contributed by atoms with van der Waals surface area (Å²) in [7, 11) is 4.19. The van der Waals surface area contributed by atoms with Crippen LogP contribution in [0.3, 0.4) is 0 Å². The molecule has 6 rings (SSSR count). The van der Waals surface area contributed by atoms with E-state index in [0.717, 1.165) is 79.6 Å². The van der Waals surface area contributed by atoms with Gasteiger partial charge in [-0.1, -0.05) is 18.7 Å². The van der Waals surface area contributed by atoms with Crippen LogP contribution in [-0.4, -0.2) is 97.2 Å². The van der Waals surface area contributed by atoms with E-state index < -0.39 is 0 Å². The van der Waals surface area contributed by atoms with Gasteiger partial charge in [0.25, 0.3) is 0 Å². The fourth-order valence-electron chi connectivity index (χ4n) is 6.72. The van der Waals surface area contributed by atoms with Crippen molar-refractivity contribution in [2.75, 3.05) is 68.1 Å². The molecule has 0 bridgehead atoms. The van der Waals surface area contributed by atoms with Gasteiger partial charge in [0, 0.05) is 63.3 Å². The first-order valence-electron chi connectivity index (χ1n) is 14.3. The van der Waals surface area contributed by atoms with E-state index >= 15 is 0 Å². The number of aromatic nitrogens is 2. The van der Waals surface area contributed by atoms with Gasteiger partial charge in [-0.2, -0.15) is 10.2 Å². The van der Waals surface area contributed by atoms with Crippen LogP contribution in [0.25, 0.3) is 0 Å². The molecule has 1 unspecified atom stereocenters. The molecule has 2 atom stereocenters. The molecule has 4 aliphatic rings. The number of rotatable bonds is 6. The van der Waals surface area contributed by atoms with Crippen LogP contribution in [0.1, 0.15) is 29.7 Å². The van der Waals surface area contributed by atoms with Gasteiger partial charge in [-0.25, -0.2) is 9.37 Å². The molecule has 9 nitrogen and oxygen atoms in total. The van der Waals surface area contributed by atoms with E-state index in [1.807, 2.05) is 6.07 Å². The summed E-state index contributed by atoms with van der Waals surface area (Å²) in [4.78, 5) is 33.4. The van der Waals surface area contributed by atoms with E-state index in [1.54, 1.807) is 17.0 Å². The standard InChI is InChI=1S/C30H37FN8O/c1-4-27(40)38-15-14-36(17-22(38)10-12-32)29-24-9-8-21(39-13-11-20-6-5-7-25(31)28(20)39)16-26(24)33-30(34-29)37-18-23(19-37)35(2)3/h4-7,21-23H,1,8-11,13-19H2,2-3H3/t21?,22-/m0/s1. The molecule has 210 valence electrons. The van der Waals surface area contributed by atoms with Gasteiger partial charge in [0.1, 0.15) is 11.6 Å². The zero-order valence-electron chi connectivity index (χ0n) is 23.4. The van der Waals surface area contributed by atoms with Crippen LogP contribution in [0.5, 0.6) is 0 Å². The number of amides is 1. The quantitative estimate of drug-likeness (QED) is 0.513. The Labute approximate surface area is 235 Å². The third-order valence-electron chi connectivity index (χ3n) is 9.08. The first kappa shape index (κ1) is 26.5. The third kappa shape index (κ3) is 4.66. The lowest BCUT2D eigenvalue weighted by Gasteiger charge is -2.45. The van der Waals surface area contributed by atoms with Gasteiger partial charge >= 0.3 is 0 Å². The number of nitriles is 1. The van der Waals surface area contributed by atoms with Gasteiger partial charge < -0.3 is 24.5 Å². The largest absolute Gasteiger partial charge is 0.365 e. The Kier molecular flexibility index (Phi) is 7.09. The van der Waals surface area contributed by atoms with Crippen LogP contribution >= 0.6 is 0 Å². The number of anilines is 3. The van der Waals surface area contributed by atoms with E-state index in [1.165, 1.54) is 6.08 Å². The number of hydrogen-bond donors (Lipinski definition) is 0. The topological polar surface area (TPSA) is 82.8 Å². The first-order valence-corrected chi connectivity index (χ1v) is 14.3. The van der Waals surface area contributed by atoms with E-state index in [9.17, 15) is 14.4 Å². The molecule has 1 aromatic heterocycles. The number of benzene rings is 1. The molecule has 10 heteroatoms. The van der Waals surface area contributed by atoms with Crippen LogP contribution in [-0.2, 0) is 24.1 Å². The molecule has 2 fully saturated rings. The maximum absolute atomic E-state index is 14.9. The van der Waals surface area contributed by atoms with Gasteiger partial charge in [0.15, 0.2) is 0 Å². The Morgan fingerprint density at radius 1 is 1.18 bits per heavy atom. The molecule has 40 heavy (non-hydrogen) atoms. The fraction of sp³-hybridized carbons (Fsp3) is 0.533. The maximum atomic E-state index is 14.9. The predicted molar refractivity (Wildman–Crippen MR) is 153 cm³/mol. The number of halogens is 1. The molecule has 1 amide bonds. The van der Waals surface area contributed by atoms with Crippen molar-refractivity contribution in [2.24, 2.45) is 0 Å². The van der Waals surface area contributed by atoms with E-state index in [4.69, 9.17) is 9.97 Å². The number of fused-ring (bicyclic) bond motifs is 2. The highest BCUT2D eigenvalue weighted by Gasteiger charge is 2.38. The lowest BCUT2D eigenvalue weighted by atomic mass is 9.90. The summed E-state index contributed by atoms with van der Waals surface area (Å²) in [5, 5.41) is 9.49. The number of carbonyl (C=O) groups excluding carboxylic acids is 1. The minimum Gasteiger partial charge on any atom is -0.365 e. The highest BCUT2D eigenvalue weighted by molar-refractivity contribution is 5.87. The molecular formula is C30H37FN8O. The van der Waals surface area contributed by atoms with Crippen LogP contribution in [0.2, 0.25) is 0 Å². The van der Waals surface area contributed by atoms with Crippen LogP contribution in [0, 0.1) is 17.1 Å². The maximum Gasteiger partial charge on any atom is 0.246 e. The van der Waals surface area contributed by atoms with E-state index in [0.29, 0.717) is 25.7 Å². The van der Waals surface area contributed by atoms with Crippen LogP contribution < -0.4 is 14.7 Å². The SMILES string of the molecule is C=CC(=O)N1CCN(c2nc(N3CC(N(C)C)C3)nc3c2CCC(N2CCc4cccc(F)c42)C3)C[C@@H]1CC#N. The third-order valence-corrected chi connectivity index (χ3v) is 9.08. The first-order chi connectivity index (χ1) is 19.4. The molecule has 3 aliphatic heterocycles. The zero-order chi connectivity index (χ0) is 28.0. The lowest BCUT2D eigenvalue weighted by molar-refractivity contribution is -0.128. The Morgan fingerprint density at radius 3 is 2.75 bits per heavy atom. The minimum atomic E-state index is -0.221. The molecule has 1 aliphatic carbocycles. The number of nitrogens with zero attached hydrogens (tertiary/aromatic N) is 8. The molecule has 0 N–H and O–H groups in total. The second-order valence-corrected chi connectivity index (χ2v) is 11.6. The monoisotopic (exact) mass is 544 g/mol. The summed E-state index contributed by atoms with van der Waals surface area (Å²) in [5.74, 6) is 1.38. The highest BCUT2D eigenvalue weighted by atomic mass is 19.1. The number of hydrogen-bond acceptors (Lipinski definition) is 8.